The van der Waals surface area contributed by atoms with Gasteiger partial charge in [0.1, 0.15) is 12.4 Å². The average molecular weight is 238 g/mol. The molecule has 0 saturated heterocycles. The zero-order valence-electron chi connectivity index (χ0n) is 9.64. The van der Waals surface area contributed by atoms with Crippen LogP contribution in [0.15, 0.2) is 24.3 Å². The molecule has 0 aliphatic rings. The fourth-order valence-corrected chi connectivity index (χ4v) is 1.02. The van der Waals surface area contributed by atoms with Gasteiger partial charge in [-0.15, -0.1) is 0 Å². The first kappa shape index (κ1) is 13.0. The van der Waals surface area contributed by atoms with E-state index < -0.39 is 17.4 Å². The Kier molecular flexibility index (Phi) is 3.73. The average Bonchev–Trinajstić information content (AvgIpc) is 2.27. The minimum atomic E-state index is -1.01. The van der Waals surface area contributed by atoms with E-state index in [1.54, 1.807) is 13.8 Å². The Morgan fingerprint density at radius 3 is 2.12 bits per heavy atom. The third-order valence-corrected chi connectivity index (χ3v) is 2.28. The van der Waals surface area contributed by atoms with Gasteiger partial charge in [0.2, 0.25) is 0 Å². The van der Waals surface area contributed by atoms with Crippen LogP contribution >= 0.6 is 0 Å². The molecule has 2 N–H and O–H groups in total. The van der Waals surface area contributed by atoms with Crippen LogP contribution in [0.5, 0.6) is 5.75 Å². The predicted octanol–water partition coefficient (Wildman–Crippen LogP) is 1.87. The van der Waals surface area contributed by atoms with Crippen molar-refractivity contribution in [1.82, 2.24) is 0 Å². The highest BCUT2D eigenvalue weighted by molar-refractivity contribution is 5.87. The van der Waals surface area contributed by atoms with Gasteiger partial charge in [0.05, 0.1) is 11.0 Å². The summed E-state index contributed by atoms with van der Waals surface area (Å²) in [6.45, 7) is 3.14. The molecule has 0 heterocycles. The molecule has 0 fully saturated rings. The number of ether oxygens (including phenoxy) is 1. The third kappa shape index (κ3) is 3.48. The summed E-state index contributed by atoms with van der Waals surface area (Å²) in [6.07, 6.45) is 0. The van der Waals surface area contributed by atoms with Crippen molar-refractivity contribution in [1.29, 1.82) is 0 Å². The summed E-state index contributed by atoms with van der Waals surface area (Å²) in [5, 5.41) is 17.6. The number of carboxylic acids is 2. The Morgan fingerprint density at radius 1 is 1.18 bits per heavy atom. The third-order valence-electron chi connectivity index (χ3n) is 2.28. The number of aliphatic carboxylic acids is 1. The number of carboxylic acid groups (broad SMARTS) is 2. The second-order valence-electron chi connectivity index (χ2n) is 4.31. The van der Waals surface area contributed by atoms with E-state index in [0.717, 1.165) is 0 Å². The summed E-state index contributed by atoms with van der Waals surface area (Å²) >= 11 is 0. The molecule has 0 bridgehead atoms. The Labute approximate surface area is 98.6 Å². The van der Waals surface area contributed by atoms with Gasteiger partial charge in [0.15, 0.2) is 0 Å². The normalized spacial score (nSPS) is 10.9. The molecule has 0 unspecified atom stereocenters. The van der Waals surface area contributed by atoms with E-state index in [9.17, 15) is 9.59 Å². The molecule has 0 aliphatic heterocycles. The lowest BCUT2D eigenvalue weighted by Crippen LogP contribution is -2.30. The van der Waals surface area contributed by atoms with E-state index in [4.69, 9.17) is 14.9 Å². The van der Waals surface area contributed by atoms with Crippen molar-refractivity contribution in [3.8, 4) is 5.75 Å². The van der Waals surface area contributed by atoms with Gasteiger partial charge in [-0.3, -0.25) is 4.79 Å². The highest BCUT2D eigenvalue weighted by Gasteiger charge is 2.28. The van der Waals surface area contributed by atoms with Crippen LogP contribution in [0.2, 0.25) is 0 Å². The highest BCUT2D eigenvalue weighted by Crippen LogP contribution is 2.19. The van der Waals surface area contributed by atoms with Crippen molar-refractivity contribution in [3.63, 3.8) is 0 Å². The van der Waals surface area contributed by atoms with Crippen LogP contribution in [-0.2, 0) is 4.79 Å². The lowest BCUT2D eigenvalue weighted by Gasteiger charge is -2.19. The molecular weight excluding hydrogens is 224 g/mol. The minimum absolute atomic E-state index is 0.0226. The van der Waals surface area contributed by atoms with Gasteiger partial charge in [0.25, 0.3) is 0 Å². The van der Waals surface area contributed by atoms with Crippen LogP contribution in [-0.4, -0.2) is 28.8 Å². The molecule has 1 aromatic carbocycles. The summed E-state index contributed by atoms with van der Waals surface area (Å²) in [6, 6.07) is 5.82. The number of benzene rings is 1. The first-order chi connectivity index (χ1) is 7.83. The maximum Gasteiger partial charge on any atom is 0.335 e. The summed E-state index contributed by atoms with van der Waals surface area (Å²) in [5.41, 5.74) is -0.819. The SMILES string of the molecule is CC(C)(COc1ccc(C(=O)O)cc1)C(=O)O. The summed E-state index contributed by atoms with van der Waals surface area (Å²) in [7, 11) is 0. The van der Waals surface area contributed by atoms with E-state index in [1.165, 1.54) is 24.3 Å². The van der Waals surface area contributed by atoms with Gasteiger partial charge in [-0.2, -0.15) is 0 Å². The lowest BCUT2D eigenvalue weighted by atomic mass is 9.95. The molecule has 1 aromatic rings. The van der Waals surface area contributed by atoms with Crippen LogP contribution < -0.4 is 4.74 Å². The van der Waals surface area contributed by atoms with Crippen molar-refractivity contribution < 1.29 is 24.5 Å². The van der Waals surface area contributed by atoms with E-state index in [1.807, 2.05) is 0 Å². The predicted molar refractivity (Wildman–Crippen MR) is 60.3 cm³/mol. The molecule has 1 rings (SSSR count). The number of carbonyl (C=O) groups is 2. The fourth-order valence-electron chi connectivity index (χ4n) is 1.02. The molecule has 5 heteroatoms. The Morgan fingerprint density at radius 2 is 1.71 bits per heavy atom. The Balaban J connectivity index is 2.65. The molecule has 92 valence electrons. The summed E-state index contributed by atoms with van der Waals surface area (Å²) in [4.78, 5) is 21.4. The number of rotatable bonds is 5. The maximum absolute atomic E-state index is 10.8. The van der Waals surface area contributed by atoms with Crippen LogP contribution in [0.25, 0.3) is 0 Å². The highest BCUT2D eigenvalue weighted by atomic mass is 16.5. The first-order valence-electron chi connectivity index (χ1n) is 5.02. The van der Waals surface area contributed by atoms with Gasteiger partial charge < -0.3 is 14.9 Å². The second kappa shape index (κ2) is 4.86. The molecule has 0 radical (unpaired) electrons. The number of aromatic carboxylic acids is 1. The van der Waals surface area contributed by atoms with Gasteiger partial charge in [-0.1, -0.05) is 0 Å². The molecule has 5 nitrogen and oxygen atoms in total. The lowest BCUT2D eigenvalue weighted by molar-refractivity contribution is -0.148. The molecule has 0 atom stereocenters. The number of hydrogen-bond acceptors (Lipinski definition) is 3. The summed E-state index contributed by atoms with van der Waals surface area (Å²) < 4.78 is 5.29. The van der Waals surface area contributed by atoms with Crippen molar-refractivity contribution in [2.24, 2.45) is 5.41 Å². The van der Waals surface area contributed by atoms with Crippen molar-refractivity contribution in [2.75, 3.05) is 6.61 Å². The van der Waals surface area contributed by atoms with E-state index in [-0.39, 0.29) is 12.2 Å². The Hall–Kier alpha value is -2.04. The second-order valence-corrected chi connectivity index (χ2v) is 4.31. The van der Waals surface area contributed by atoms with Gasteiger partial charge >= 0.3 is 11.9 Å². The van der Waals surface area contributed by atoms with Crippen LogP contribution in [0.4, 0.5) is 0 Å². The number of hydrogen-bond donors (Lipinski definition) is 2. The van der Waals surface area contributed by atoms with E-state index in [2.05, 4.69) is 0 Å². The summed E-state index contributed by atoms with van der Waals surface area (Å²) in [5.74, 6) is -1.51. The van der Waals surface area contributed by atoms with Gasteiger partial charge in [-0.25, -0.2) is 4.79 Å². The fraction of sp³-hybridized carbons (Fsp3) is 0.333. The van der Waals surface area contributed by atoms with Crippen LogP contribution in [0, 0.1) is 5.41 Å². The smallest absolute Gasteiger partial charge is 0.335 e. The molecule has 0 amide bonds. The molecule has 0 spiro atoms. The van der Waals surface area contributed by atoms with Crippen molar-refractivity contribution in [2.45, 2.75) is 13.8 Å². The van der Waals surface area contributed by atoms with Crippen LogP contribution in [0.1, 0.15) is 24.2 Å². The molecule has 0 aliphatic carbocycles. The minimum Gasteiger partial charge on any atom is -0.492 e. The van der Waals surface area contributed by atoms with Crippen molar-refractivity contribution >= 4 is 11.9 Å². The largest absolute Gasteiger partial charge is 0.492 e. The zero-order chi connectivity index (χ0) is 13.1. The quantitative estimate of drug-likeness (QED) is 0.818. The maximum atomic E-state index is 10.8. The molecule has 0 saturated carbocycles. The topological polar surface area (TPSA) is 83.8 Å². The molecular formula is C12H14O5. The van der Waals surface area contributed by atoms with Gasteiger partial charge in [0, 0.05) is 0 Å². The molecule has 0 aromatic heterocycles. The molecule has 17 heavy (non-hydrogen) atoms. The standard InChI is InChI=1S/C12H14O5/c1-12(2,11(15)16)7-17-9-5-3-8(4-6-9)10(13)14/h3-6H,7H2,1-2H3,(H,13,14)(H,15,16). The van der Waals surface area contributed by atoms with Gasteiger partial charge in [-0.05, 0) is 38.1 Å². The van der Waals surface area contributed by atoms with Crippen LogP contribution in [0.3, 0.4) is 0 Å². The van der Waals surface area contributed by atoms with Crippen molar-refractivity contribution in [3.05, 3.63) is 29.8 Å². The Bertz CT molecular complexity index is 419. The monoisotopic (exact) mass is 238 g/mol. The van der Waals surface area contributed by atoms with E-state index >= 15 is 0 Å². The van der Waals surface area contributed by atoms with E-state index in [0.29, 0.717) is 5.75 Å². The zero-order valence-corrected chi connectivity index (χ0v) is 9.64. The first-order valence-corrected chi connectivity index (χ1v) is 5.02.